The lowest BCUT2D eigenvalue weighted by atomic mass is 9.87. The highest BCUT2D eigenvalue weighted by Gasteiger charge is 2.58. The molecule has 5 N–H and O–H groups in total. The largest absolute Gasteiger partial charge is 0.386 e. The van der Waals surface area contributed by atoms with Crippen molar-refractivity contribution in [2.45, 2.75) is 69.5 Å². The molecule has 3 aliphatic rings. The third-order valence-corrected chi connectivity index (χ3v) is 11.7. The van der Waals surface area contributed by atoms with Crippen molar-refractivity contribution in [1.29, 1.82) is 0 Å². The van der Waals surface area contributed by atoms with Crippen LogP contribution >= 0.6 is 25.8 Å². The number of thiol groups is 1. The quantitative estimate of drug-likeness (QED) is 0.176. The van der Waals surface area contributed by atoms with E-state index in [-0.39, 0.29) is 31.3 Å². The molecule has 2 bridgehead atoms. The molecule has 0 saturated carbocycles. The summed E-state index contributed by atoms with van der Waals surface area (Å²) < 4.78 is 54.3. The van der Waals surface area contributed by atoms with Gasteiger partial charge in [-0.15, -0.1) is 0 Å². The van der Waals surface area contributed by atoms with Gasteiger partial charge in [-0.25, -0.2) is 34.5 Å². The van der Waals surface area contributed by atoms with Crippen LogP contribution in [0.2, 0.25) is 0 Å². The Kier molecular flexibility index (Phi) is 8.37. The second-order valence-electron chi connectivity index (χ2n) is 11.2. The summed E-state index contributed by atoms with van der Waals surface area (Å²) >= 11 is 9.87. The number of fused-ring (bicyclic) bond motifs is 5. The average Bonchev–Trinajstić information content (AvgIpc) is 3.79. The van der Waals surface area contributed by atoms with Crippen molar-refractivity contribution < 1.29 is 37.0 Å². The molecule has 0 spiro atoms. The lowest BCUT2D eigenvalue weighted by Gasteiger charge is -2.36. The van der Waals surface area contributed by atoms with E-state index in [1.54, 1.807) is 15.5 Å². The highest BCUT2D eigenvalue weighted by atomic mass is 32.7. The Morgan fingerprint density at radius 3 is 2.24 bits per heavy atom. The minimum absolute atomic E-state index is 0.175. The molecule has 7 heterocycles. The first kappa shape index (κ1) is 32.2. The van der Waals surface area contributed by atoms with Crippen molar-refractivity contribution in [3.05, 3.63) is 25.3 Å². The standard InChI is InChI=1S/C24H32N10O8P2S2/c1-3-13-17-24(4-2,40-22(13)33-10-31-15-18(25)27-8-29-20(15)33)7-38-44(36,46)41-14-5-12(6-37-43(35,45)42-17)39-23(14)34-11-32-16-19(26)28-9-30-21(16)34/h8-14,17,22-23H,3-7H2,1-2H3,(H,35,45)(H,36,46)(H2,25,27,29)(H2,26,28,30)/t12-,13+,14+,17-,22+,23+,24+,43?,44?/m0/s1. The summed E-state index contributed by atoms with van der Waals surface area (Å²) in [6, 6.07) is 0. The summed E-state index contributed by atoms with van der Waals surface area (Å²) in [7, 11) is 0. The topological polar surface area (TPSA) is 232 Å². The van der Waals surface area contributed by atoms with Gasteiger partial charge < -0.3 is 34.9 Å². The molecule has 22 heteroatoms. The Bertz CT molecular complexity index is 1880. The lowest BCUT2D eigenvalue weighted by Crippen LogP contribution is -2.46. The first-order valence-electron chi connectivity index (χ1n) is 14.4. The van der Waals surface area contributed by atoms with Gasteiger partial charge in [-0.1, -0.05) is 26.1 Å². The van der Waals surface area contributed by atoms with E-state index in [1.807, 2.05) is 13.8 Å². The monoisotopic (exact) mass is 714 g/mol. The van der Waals surface area contributed by atoms with Crippen molar-refractivity contribution >= 4 is 71.5 Å². The third-order valence-electron chi connectivity index (χ3n) is 8.58. The highest BCUT2D eigenvalue weighted by Crippen LogP contribution is 2.61. The van der Waals surface area contributed by atoms with Crippen LogP contribution < -0.4 is 11.5 Å². The van der Waals surface area contributed by atoms with E-state index in [0.29, 0.717) is 35.2 Å². The van der Waals surface area contributed by atoms with Gasteiger partial charge in [-0.2, -0.15) is 0 Å². The molecular formula is C24H32N10O8P2S2. The fraction of sp³-hybridized carbons (Fsp3) is 0.583. The van der Waals surface area contributed by atoms with Gasteiger partial charge in [0.1, 0.15) is 47.7 Å². The molecular weight excluding hydrogens is 682 g/mol. The number of aromatic nitrogens is 8. The first-order valence-corrected chi connectivity index (χ1v) is 19.7. The van der Waals surface area contributed by atoms with Gasteiger partial charge in [0.15, 0.2) is 29.2 Å². The predicted molar refractivity (Wildman–Crippen MR) is 170 cm³/mol. The SMILES string of the molecule is CC[C@H]1[C@H](n2cnc3c(N)ncnc32)O[C@]2(CC)COP(O)(=S)O[C@@H]3C[C@@H](COP(=O)(S)O[C@@H]12)O[C@H]3n1cnc2c(N)ncnc21. The fourth-order valence-corrected chi connectivity index (χ4v) is 9.33. The average molecular weight is 715 g/mol. The highest BCUT2D eigenvalue weighted by molar-refractivity contribution is 8.44. The number of nitrogens with zero attached hydrogens (tertiary/aromatic N) is 8. The maximum atomic E-state index is 13.9. The van der Waals surface area contributed by atoms with Gasteiger partial charge in [0.2, 0.25) is 0 Å². The van der Waals surface area contributed by atoms with Crippen molar-refractivity contribution in [2.75, 3.05) is 24.7 Å². The van der Waals surface area contributed by atoms with Crippen molar-refractivity contribution in [3.8, 4) is 0 Å². The maximum Gasteiger partial charge on any atom is 0.386 e. The molecule has 9 atom stereocenters. The Balaban J connectivity index is 1.24. The molecule has 2 unspecified atom stereocenters. The van der Waals surface area contributed by atoms with Gasteiger partial charge in [0, 0.05) is 12.3 Å². The number of ether oxygens (including phenoxy) is 2. The number of anilines is 2. The van der Waals surface area contributed by atoms with Gasteiger partial charge >= 0.3 is 13.5 Å². The fourth-order valence-electron chi connectivity index (χ4n) is 6.31. The zero-order valence-corrected chi connectivity index (χ0v) is 28.1. The number of hydrogen-bond donors (Lipinski definition) is 4. The molecule has 46 heavy (non-hydrogen) atoms. The smallest absolute Gasteiger partial charge is 0.382 e. The van der Waals surface area contributed by atoms with Crippen LogP contribution in [0.3, 0.4) is 0 Å². The van der Waals surface area contributed by atoms with E-state index in [1.165, 1.54) is 19.0 Å². The predicted octanol–water partition coefficient (Wildman–Crippen LogP) is 2.89. The van der Waals surface area contributed by atoms with Crippen LogP contribution in [0.5, 0.6) is 0 Å². The third kappa shape index (κ3) is 5.62. The summed E-state index contributed by atoms with van der Waals surface area (Å²) in [5.41, 5.74) is 12.3. The Labute approximate surface area is 272 Å². The van der Waals surface area contributed by atoms with Crippen LogP contribution in [-0.2, 0) is 43.9 Å². The minimum atomic E-state index is -4.05. The second kappa shape index (κ2) is 12.0. The number of hydrogen-bond acceptors (Lipinski definition) is 16. The van der Waals surface area contributed by atoms with Crippen LogP contribution in [0.15, 0.2) is 25.3 Å². The van der Waals surface area contributed by atoms with Crippen molar-refractivity contribution in [3.63, 3.8) is 0 Å². The minimum Gasteiger partial charge on any atom is -0.382 e. The van der Waals surface area contributed by atoms with Crippen LogP contribution in [0.4, 0.5) is 11.6 Å². The van der Waals surface area contributed by atoms with E-state index in [9.17, 15) is 9.46 Å². The van der Waals surface area contributed by atoms with E-state index < -0.39 is 55.8 Å². The summed E-state index contributed by atoms with van der Waals surface area (Å²) in [5, 5.41) is 0. The van der Waals surface area contributed by atoms with E-state index in [0.717, 1.165) is 0 Å². The van der Waals surface area contributed by atoms with Gasteiger partial charge in [-0.3, -0.25) is 18.2 Å². The summed E-state index contributed by atoms with van der Waals surface area (Å²) in [6.07, 6.45) is 2.68. The van der Waals surface area contributed by atoms with Crippen LogP contribution in [-0.4, -0.2) is 81.1 Å². The summed E-state index contributed by atoms with van der Waals surface area (Å²) in [6.45, 7) is -4.65. The molecule has 0 radical (unpaired) electrons. The van der Waals surface area contributed by atoms with E-state index in [4.69, 9.17) is 50.8 Å². The molecule has 0 aromatic carbocycles. The molecule has 7 rings (SSSR count). The second-order valence-corrected chi connectivity index (χ2v) is 16.9. The molecule has 0 aliphatic carbocycles. The Morgan fingerprint density at radius 1 is 1.00 bits per heavy atom. The molecule has 0 amide bonds. The molecule has 3 fully saturated rings. The maximum absolute atomic E-state index is 13.9. The van der Waals surface area contributed by atoms with E-state index in [2.05, 4.69) is 42.2 Å². The molecule has 3 aliphatic heterocycles. The van der Waals surface area contributed by atoms with Gasteiger partial charge in [0.05, 0.1) is 32.0 Å². The summed E-state index contributed by atoms with van der Waals surface area (Å²) in [4.78, 5) is 36.8. The summed E-state index contributed by atoms with van der Waals surface area (Å²) in [5.74, 6) is -0.0302. The number of imidazole rings is 2. The number of nitrogen functional groups attached to an aromatic ring is 2. The lowest BCUT2D eigenvalue weighted by molar-refractivity contribution is -0.124. The van der Waals surface area contributed by atoms with Gasteiger partial charge in [0.25, 0.3) is 0 Å². The van der Waals surface area contributed by atoms with E-state index >= 15 is 0 Å². The molecule has 248 valence electrons. The molecule has 4 aromatic heterocycles. The zero-order chi connectivity index (χ0) is 32.4. The molecule has 18 nitrogen and oxygen atoms in total. The Hall–Kier alpha value is -2.35. The molecule has 3 saturated heterocycles. The first-order chi connectivity index (χ1) is 21.9. The number of nitrogens with two attached hydrogens (primary N) is 2. The van der Waals surface area contributed by atoms with Crippen molar-refractivity contribution in [1.82, 2.24) is 39.0 Å². The van der Waals surface area contributed by atoms with Gasteiger partial charge in [-0.05, 0) is 24.6 Å². The normalized spacial score (nSPS) is 37.1. The zero-order valence-electron chi connectivity index (χ0n) is 24.6. The number of rotatable bonds is 4. The van der Waals surface area contributed by atoms with Crippen LogP contribution in [0.1, 0.15) is 45.6 Å². The van der Waals surface area contributed by atoms with Crippen molar-refractivity contribution in [2.24, 2.45) is 5.92 Å². The Morgan fingerprint density at radius 2 is 1.63 bits per heavy atom. The molecule has 4 aromatic rings. The van der Waals surface area contributed by atoms with Crippen LogP contribution in [0, 0.1) is 5.92 Å². The van der Waals surface area contributed by atoms with Crippen LogP contribution in [0.25, 0.3) is 22.3 Å².